The lowest BCUT2D eigenvalue weighted by Gasteiger charge is -2.38. The summed E-state index contributed by atoms with van der Waals surface area (Å²) in [6.07, 6.45) is 0.646. The molecule has 5 heterocycles. The smallest absolute Gasteiger partial charge is 0.410 e. The molecule has 1 atom stereocenters. The standard InChI is InChI=1S/C31H35Cl2N7O5S/c1-5-21-26(22-14-34-9-10-38(22)30(43)45-31(2,3)4)28(42)40-29(36-27(37-40)23-12-17-8-11-44-16-24(17)46-23)39(21)15-25(41)35-20-7-6-18(32)13-19(20)33/h6-7,12-13,22,34H,5,8-11,14-16H2,1-4H3,(H,35,41). The third kappa shape index (κ3) is 6.52. The minimum Gasteiger partial charge on any atom is -0.444 e. The summed E-state index contributed by atoms with van der Waals surface area (Å²) in [5, 5.41) is 11.6. The highest BCUT2D eigenvalue weighted by molar-refractivity contribution is 7.15. The Kier molecular flexibility index (Phi) is 9.14. The number of benzene rings is 1. The van der Waals surface area contributed by atoms with E-state index in [0.29, 0.717) is 72.1 Å². The molecule has 12 nitrogen and oxygen atoms in total. The van der Waals surface area contributed by atoms with E-state index in [2.05, 4.69) is 15.7 Å². The van der Waals surface area contributed by atoms with Crippen LogP contribution in [0.5, 0.6) is 0 Å². The van der Waals surface area contributed by atoms with Crippen molar-refractivity contribution in [1.29, 1.82) is 0 Å². The van der Waals surface area contributed by atoms with Gasteiger partial charge in [-0.2, -0.15) is 9.50 Å². The molecule has 6 rings (SSSR count). The van der Waals surface area contributed by atoms with Gasteiger partial charge in [-0.15, -0.1) is 16.4 Å². The molecule has 2 N–H and O–H groups in total. The van der Waals surface area contributed by atoms with E-state index in [1.165, 1.54) is 21.4 Å². The molecular weight excluding hydrogens is 653 g/mol. The van der Waals surface area contributed by atoms with Gasteiger partial charge in [-0.3, -0.25) is 14.5 Å². The fourth-order valence-corrected chi connectivity index (χ4v) is 7.32. The first-order chi connectivity index (χ1) is 21.9. The summed E-state index contributed by atoms with van der Waals surface area (Å²) >= 11 is 13.9. The minimum absolute atomic E-state index is 0.196. The molecule has 0 spiro atoms. The summed E-state index contributed by atoms with van der Waals surface area (Å²) in [6.45, 7) is 9.47. The number of amides is 2. The van der Waals surface area contributed by atoms with Crippen molar-refractivity contribution in [3.05, 3.63) is 66.4 Å². The highest BCUT2D eigenvalue weighted by atomic mass is 35.5. The van der Waals surface area contributed by atoms with Gasteiger partial charge in [0.2, 0.25) is 11.7 Å². The van der Waals surface area contributed by atoms with Crippen LogP contribution in [-0.4, -0.2) is 67.9 Å². The summed E-state index contributed by atoms with van der Waals surface area (Å²) in [5.41, 5.74) is 1.35. The van der Waals surface area contributed by atoms with Gasteiger partial charge in [-0.1, -0.05) is 30.1 Å². The Morgan fingerprint density at radius 1 is 1.24 bits per heavy atom. The van der Waals surface area contributed by atoms with Gasteiger partial charge in [0, 0.05) is 35.2 Å². The Labute approximate surface area is 279 Å². The fourth-order valence-electron chi connectivity index (χ4n) is 5.79. The quantitative estimate of drug-likeness (QED) is 0.287. The average Bonchev–Trinajstić information content (AvgIpc) is 3.64. The summed E-state index contributed by atoms with van der Waals surface area (Å²) in [5.74, 6) is 0.194. The predicted octanol–water partition coefficient (Wildman–Crippen LogP) is 5.08. The largest absolute Gasteiger partial charge is 0.444 e. The molecule has 1 fully saturated rings. The molecule has 244 valence electrons. The molecule has 2 aliphatic heterocycles. The number of carbonyl (C=O) groups is 2. The Hall–Kier alpha value is -3.49. The van der Waals surface area contributed by atoms with Gasteiger partial charge in [0.05, 0.1) is 40.4 Å². The van der Waals surface area contributed by atoms with Gasteiger partial charge in [0.1, 0.15) is 12.1 Å². The second kappa shape index (κ2) is 13.0. The number of carbonyl (C=O) groups excluding carboxylic acids is 2. The van der Waals surface area contributed by atoms with Crippen LogP contribution in [0.3, 0.4) is 0 Å². The zero-order valence-corrected chi connectivity index (χ0v) is 28.3. The van der Waals surface area contributed by atoms with Crippen molar-refractivity contribution in [3.8, 4) is 10.7 Å². The first-order valence-electron chi connectivity index (χ1n) is 15.1. The van der Waals surface area contributed by atoms with E-state index >= 15 is 0 Å². The predicted molar refractivity (Wildman–Crippen MR) is 177 cm³/mol. The molecule has 2 amide bonds. The lowest BCUT2D eigenvalue weighted by atomic mass is 10.0. The van der Waals surface area contributed by atoms with Crippen molar-refractivity contribution in [1.82, 2.24) is 29.4 Å². The number of thiophene rings is 1. The average molecular weight is 689 g/mol. The molecule has 1 unspecified atom stereocenters. The Morgan fingerprint density at radius 3 is 2.76 bits per heavy atom. The first-order valence-corrected chi connectivity index (χ1v) is 16.7. The number of nitrogens with one attached hydrogen (secondary N) is 2. The van der Waals surface area contributed by atoms with Gasteiger partial charge in [0.25, 0.3) is 5.56 Å². The molecule has 3 aromatic heterocycles. The monoisotopic (exact) mass is 687 g/mol. The number of piperazine rings is 1. The van der Waals surface area contributed by atoms with E-state index in [1.807, 2.05) is 13.0 Å². The highest BCUT2D eigenvalue weighted by Crippen LogP contribution is 2.34. The normalized spacial score (nSPS) is 16.8. The summed E-state index contributed by atoms with van der Waals surface area (Å²) in [7, 11) is 0. The molecule has 0 aliphatic carbocycles. The van der Waals surface area contributed by atoms with Gasteiger partial charge < -0.3 is 24.7 Å². The van der Waals surface area contributed by atoms with Crippen molar-refractivity contribution < 1.29 is 19.1 Å². The number of nitrogens with zero attached hydrogens (tertiary/aromatic N) is 5. The number of halogens is 2. The lowest BCUT2D eigenvalue weighted by molar-refractivity contribution is -0.116. The highest BCUT2D eigenvalue weighted by Gasteiger charge is 2.36. The number of hydrogen-bond donors (Lipinski definition) is 2. The van der Waals surface area contributed by atoms with Crippen LogP contribution in [0.2, 0.25) is 10.0 Å². The Morgan fingerprint density at radius 2 is 2.04 bits per heavy atom. The van der Waals surface area contributed by atoms with Crippen LogP contribution in [0.25, 0.3) is 16.5 Å². The maximum atomic E-state index is 14.4. The second-order valence-electron chi connectivity index (χ2n) is 12.2. The van der Waals surface area contributed by atoms with E-state index in [-0.39, 0.29) is 12.3 Å². The maximum absolute atomic E-state index is 14.4. The third-order valence-electron chi connectivity index (χ3n) is 7.80. The van der Waals surface area contributed by atoms with Crippen molar-refractivity contribution in [3.63, 3.8) is 0 Å². The zero-order chi connectivity index (χ0) is 32.7. The van der Waals surface area contributed by atoms with E-state index in [1.54, 1.807) is 48.4 Å². The van der Waals surface area contributed by atoms with Gasteiger partial charge in [0.15, 0.2) is 5.82 Å². The van der Waals surface area contributed by atoms with Crippen molar-refractivity contribution in [2.45, 2.75) is 65.3 Å². The number of hydrogen-bond acceptors (Lipinski definition) is 9. The van der Waals surface area contributed by atoms with Crippen LogP contribution >= 0.6 is 34.5 Å². The molecule has 4 aromatic rings. The SMILES string of the molecule is CCc1c(C2CNCCN2C(=O)OC(C)(C)C)c(=O)n2nc(-c3cc4c(s3)COCC4)nc2n1CC(=O)Nc1ccc(Cl)cc1Cl. The second-order valence-corrected chi connectivity index (χ2v) is 14.2. The van der Waals surface area contributed by atoms with Gasteiger partial charge in [-0.05, 0) is 63.4 Å². The molecular formula is C31H35Cl2N7O5S. The van der Waals surface area contributed by atoms with Crippen LogP contribution in [0.15, 0.2) is 29.1 Å². The number of fused-ring (bicyclic) bond motifs is 2. The van der Waals surface area contributed by atoms with E-state index in [9.17, 15) is 14.4 Å². The molecule has 0 bridgehead atoms. The van der Waals surface area contributed by atoms with Crippen LogP contribution < -0.4 is 16.2 Å². The fraction of sp³-hybridized carbons (Fsp3) is 0.452. The number of rotatable bonds is 6. The molecule has 0 saturated carbocycles. The van der Waals surface area contributed by atoms with Crippen LogP contribution in [0.1, 0.15) is 55.4 Å². The molecule has 1 saturated heterocycles. The number of ether oxygens (including phenoxy) is 2. The van der Waals surface area contributed by atoms with E-state index in [0.717, 1.165) is 16.2 Å². The van der Waals surface area contributed by atoms with E-state index in [4.69, 9.17) is 37.7 Å². The number of anilines is 1. The molecule has 1 aromatic carbocycles. The van der Waals surface area contributed by atoms with Crippen LogP contribution in [0.4, 0.5) is 10.5 Å². The van der Waals surface area contributed by atoms with Crippen molar-refractivity contribution in [2.75, 3.05) is 31.6 Å². The van der Waals surface area contributed by atoms with Crippen molar-refractivity contribution >= 4 is 58.0 Å². The van der Waals surface area contributed by atoms with Crippen LogP contribution in [0, 0.1) is 0 Å². The lowest BCUT2D eigenvalue weighted by Crippen LogP contribution is -2.52. The minimum atomic E-state index is -0.725. The van der Waals surface area contributed by atoms with Crippen LogP contribution in [-0.2, 0) is 40.3 Å². The van der Waals surface area contributed by atoms with Crippen molar-refractivity contribution in [2.24, 2.45) is 0 Å². The Balaban J connectivity index is 1.49. The molecule has 46 heavy (non-hydrogen) atoms. The van der Waals surface area contributed by atoms with E-state index < -0.39 is 29.2 Å². The summed E-state index contributed by atoms with van der Waals surface area (Å²) < 4.78 is 14.3. The molecule has 2 aliphatic rings. The summed E-state index contributed by atoms with van der Waals surface area (Å²) in [6, 6.07) is 6.17. The summed E-state index contributed by atoms with van der Waals surface area (Å²) in [4.78, 5) is 49.7. The number of aromatic nitrogens is 4. The van der Waals surface area contributed by atoms with Gasteiger partial charge >= 0.3 is 6.09 Å². The molecule has 15 heteroatoms. The topological polar surface area (TPSA) is 132 Å². The first kappa shape index (κ1) is 32.5. The molecule has 0 radical (unpaired) electrons. The third-order valence-corrected chi connectivity index (χ3v) is 9.50. The zero-order valence-electron chi connectivity index (χ0n) is 26.0. The van der Waals surface area contributed by atoms with Gasteiger partial charge in [-0.25, -0.2) is 4.79 Å². The maximum Gasteiger partial charge on any atom is 0.410 e. The Bertz CT molecular complexity index is 1860.